The molecule has 136 valence electrons. The highest BCUT2D eigenvalue weighted by Crippen LogP contribution is 2.16. The van der Waals surface area contributed by atoms with Gasteiger partial charge in [-0.05, 0) is 31.2 Å². The molecule has 1 aromatic rings. The molecule has 0 heterocycles. The molecule has 0 aliphatic carbocycles. The molecule has 7 heteroatoms. The summed E-state index contributed by atoms with van der Waals surface area (Å²) < 4.78 is 10.8. The Bertz CT molecular complexity index is 469. The molecule has 0 saturated carbocycles. The van der Waals surface area contributed by atoms with Crippen LogP contribution in [0.25, 0.3) is 0 Å². The van der Waals surface area contributed by atoms with Crippen LogP contribution in [0.5, 0.6) is 11.5 Å². The van der Waals surface area contributed by atoms with Crippen LogP contribution >= 0.6 is 35.7 Å². The van der Waals surface area contributed by atoms with Crippen molar-refractivity contribution in [1.82, 2.24) is 10.6 Å². The summed E-state index contributed by atoms with van der Waals surface area (Å²) in [6.45, 7) is 8.64. The SMILES string of the molecule is C=CCSCCN=C(NCC)NCCOc1ccc(OC)cc1.I. The number of nitrogens with one attached hydrogen (secondary N) is 2. The van der Waals surface area contributed by atoms with Crippen molar-refractivity contribution >= 4 is 41.7 Å². The molecule has 0 fully saturated rings. The number of nitrogens with zero attached hydrogens (tertiary/aromatic N) is 1. The van der Waals surface area contributed by atoms with E-state index in [0.29, 0.717) is 13.2 Å². The number of hydrogen-bond donors (Lipinski definition) is 2. The number of hydrogen-bond acceptors (Lipinski definition) is 4. The van der Waals surface area contributed by atoms with Gasteiger partial charge in [0, 0.05) is 18.1 Å². The van der Waals surface area contributed by atoms with E-state index in [1.807, 2.05) is 42.1 Å². The highest BCUT2D eigenvalue weighted by atomic mass is 127. The Kier molecular flexibility index (Phi) is 14.7. The summed E-state index contributed by atoms with van der Waals surface area (Å²) in [4.78, 5) is 4.52. The number of benzene rings is 1. The molecule has 0 aliphatic heterocycles. The van der Waals surface area contributed by atoms with E-state index in [1.54, 1.807) is 7.11 Å². The Balaban J connectivity index is 0.00000529. The summed E-state index contributed by atoms with van der Waals surface area (Å²) in [6, 6.07) is 7.56. The minimum atomic E-state index is 0. The van der Waals surface area contributed by atoms with Crippen molar-refractivity contribution in [2.24, 2.45) is 4.99 Å². The van der Waals surface area contributed by atoms with Gasteiger partial charge in [0.05, 0.1) is 20.2 Å². The van der Waals surface area contributed by atoms with Crippen LogP contribution in [0.1, 0.15) is 6.92 Å². The molecule has 0 aliphatic rings. The van der Waals surface area contributed by atoms with E-state index in [2.05, 4.69) is 29.1 Å². The molecule has 5 nitrogen and oxygen atoms in total. The van der Waals surface area contributed by atoms with Crippen molar-refractivity contribution < 1.29 is 9.47 Å². The van der Waals surface area contributed by atoms with E-state index in [-0.39, 0.29) is 24.0 Å². The number of methoxy groups -OCH3 is 1. The Morgan fingerprint density at radius 3 is 2.58 bits per heavy atom. The number of rotatable bonds is 11. The first-order valence-electron chi connectivity index (χ1n) is 7.77. The first kappa shape index (κ1) is 22.9. The summed E-state index contributed by atoms with van der Waals surface area (Å²) >= 11 is 1.83. The van der Waals surface area contributed by atoms with Gasteiger partial charge >= 0.3 is 0 Å². The number of halogens is 1. The largest absolute Gasteiger partial charge is 0.497 e. The third kappa shape index (κ3) is 10.6. The highest BCUT2D eigenvalue weighted by molar-refractivity contribution is 14.0. The van der Waals surface area contributed by atoms with Gasteiger partial charge in [-0.25, -0.2) is 0 Å². The molecule has 0 atom stereocenters. The topological polar surface area (TPSA) is 54.9 Å². The Morgan fingerprint density at radius 1 is 1.25 bits per heavy atom. The molecule has 0 saturated heterocycles. The van der Waals surface area contributed by atoms with E-state index >= 15 is 0 Å². The van der Waals surface area contributed by atoms with Crippen LogP contribution in [0.3, 0.4) is 0 Å². The van der Waals surface area contributed by atoms with Crippen LogP contribution < -0.4 is 20.1 Å². The van der Waals surface area contributed by atoms with Crippen LogP contribution in [-0.2, 0) is 0 Å². The lowest BCUT2D eigenvalue weighted by Gasteiger charge is -2.12. The second-order valence-electron chi connectivity index (χ2n) is 4.58. The number of aliphatic imine (C=N–C) groups is 1. The third-order valence-corrected chi connectivity index (χ3v) is 3.75. The quantitative estimate of drug-likeness (QED) is 0.173. The minimum absolute atomic E-state index is 0. The molecule has 2 N–H and O–H groups in total. The fourth-order valence-electron chi connectivity index (χ4n) is 1.74. The van der Waals surface area contributed by atoms with Crippen molar-refractivity contribution in [3.63, 3.8) is 0 Å². The number of guanidine groups is 1. The van der Waals surface area contributed by atoms with Gasteiger partial charge in [0.15, 0.2) is 5.96 Å². The van der Waals surface area contributed by atoms with Gasteiger partial charge < -0.3 is 20.1 Å². The Morgan fingerprint density at radius 2 is 1.96 bits per heavy atom. The molecular formula is C17H28IN3O2S. The average molecular weight is 465 g/mol. The fourth-order valence-corrected chi connectivity index (χ4v) is 2.29. The maximum atomic E-state index is 5.68. The van der Waals surface area contributed by atoms with Crippen LogP contribution in [0.4, 0.5) is 0 Å². The zero-order chi connectivity index (χ0) is 16.8. The molecule has 0 radical (unpaired) electrons. The van der Waals surface area contributed by atoms with E-state index in [0.717, 1.165) is 42.1 Å². The van der Waals surface area contributed by atoms with Gasteiger partial charge in [0.2, 0.25) is 0 Å². The van der Waals surface area contributed by atoms with Crippen molar-refractivity contribution in [3.05, 3.63) is 36.9 Å². The minimum Gasteiger partial charge on any atom is -0.497 e. The zero-order valence-electron chi connectivity index (χ0n) is 14.4. The zero-order valence-corrected chi connectivity index (χ0v) is 17.6. The number of ether oxygens (including phenoxy) is 2. The summed E-state index contributed by atoms with van der Waals surface area (Å²) in [6.07, 6.45) is 1.91. The van der Waals surface area contributed by atoms with Crippen LogP contribution in [0.2, 0.25) is 0 Å². The third-order valence-electron chi connectivity index (χ3n) is 2.81. The van der Waals surface area contributed by atoms with Gasteiger partial charge in [-0.1, -0.05) is 6.08 Å². The van der Waals surface area contributed by atoms with E-state index in [4.69, 9.17) is 9.47 Å². The standard InChI is InChI=1S/C17H27N3O2S.HI/c1-4-13-23-14-11-20-17(18-5-2)19-10-12-22-16-8-6-15(21-3)7-9-16;/h4,6-9H,1,5,10-14H2,2-3H3,(H2,18,19,20);1H. The highest BCUT2D eigenvalue weighted by Gasteiger charge is 1.98. The van der Waals surface area contributed by atoms with Crippen molar-refractivity contribution in [2.45, 2.75) is 6.92 Å². The van der Waals surface area contributed by atoms with Gasteiger partial charge in [0.1, 0.15) is 18.1 Å². The molecule has 0 spiro atoms. The molecule has 0 aromatic heterocycles. The molecule has 0 amide bonds. The van der Waals surface area contributed by atoms with Crippen molar-refractivity contribution in [1.29, 1.82) is 0 Å². The first-order valence-corrected chi connectivity index (χ1v) is 8.93. The Hall–Kier alpha value is -1.09. The van der Waals surface area contributed by atoms with Gasteiger partial charge in [0.25, 0.3) is 0 Å². The summed E-state index contributed by atoms with van der Waals surface area (Å²) in [5, 5.41) is 6.49. The van der Waals surface area contributed by atoms with Gasteiger partial charge in [-0.3, -0.25) is 4.99 Å². The van der Waals surface area contributed by atoms with E-state index in [9.17, 15) is 0 Å². The molecule has 1 rings (SSSR count). The predicted octanol–water partition coefficient (Wildman–Crippen LogP) is 3.17. The molecule has 0 unspecified atom stereocenters. The Labute approximate surface area is 166 Å². The second-order valence-corrected chi connectivity index (χ2v) is 5.72. The average Bonchev–Trinajstić information content (AvgIpc) is 2.59. The summed E-state index contributed by atoms with van der Waals surface area (Å²) in [5.41, 5.74) is 0. The smallest absolute Gasteiger partial charge is 0.191 e. The summed E-state index contributed by atoms with van der Waals surface area (Å²) in [7, 11) is 1.65. The lowest BCUT2D eigenvalue weighted by Crippen LogP contribution is -2.39. The predicted molar refractivity (Wildman–Crippen MR) is 115 cm³/mol. The fraction of sp³-hybridized carbons (Fsp3) is 0.471. The van der Waals surface area contributed by atoms with Crippen LogP contribution in [0.15, 0.2) is 41.9 Å². The van der Waals surface area contributed by atoms with Crippen LogP contribution in [0, 0.1) is 0 Å². The summed E-state index contributed by atoms with van der Waals surface area (Å²) in [5.74, 6) is 4.44. The van der Waals surface area contributed by atoms with Crippen LogP contribution in [-0.4, -0.2) is 50.8 Å². The molecular weight excluding hydrogens is 437 g/mol. The van der Waals surface area contributed by atoms with E-state index in [1.165, 1.54) is 0 Å². The van der Waals surface area contributed by atoms with E-state index < -0.39 is 0 Å². The first-order chi connectivity index (χ1) is 11.3. The van der Waals surface area contributed by atoms with Gasteiger partial charge in [-0.15, -0.1) is 30.6 Å². The van der Waals surface area contributed by atoms with Gasteiger partial charge in [-0.2, -0.15) is 11.8 Å². The second kappa shape index (κ2) is 15.4. The molecule has 24 heavy (non-hydrogen) atoms. The lowest BCUT2D eigenvalue weighted by atomic mass is 10.3. The molecule has 1 aromatic carbocycles. The maximum Gasteiger partial charge on any atom is 0.191 e. The normalized spacial score (nSPS) is 10.5. The monoisotopic (exact) mass is 465 g/mol. The van der Waals surface area contributed by atoms with Crippen molar-refractivity contribution in [3.8, 4) is 11.5 Å². The lowest BCUT2D eigenvalue weighted by molar-refractivity contribution is 0.321. The maximum absolute atomic E-state index is 5.68. The molecule has 0 bridgehead atoms. The van der Waals surface area contributed by atoms with Crippen molar-refractivity contribution in [2.75, 3.05) is 44.9 Å². The number of thioether (sulfide) groups is 1.